The second-order valence-corrected chi connectivity index (χ2v) is 5.24. The molecule has 0 saturated heterocycles. The summed E-state index contributed by atoms with van der Waals surface area (Å²) < 4.78 is 11.1. The van der Waals surface area contributed by atoms with Gasteiger partial charge in [0.1, 0.15) is 10.7 Å². The zero-order valence-electron chi connectivity index (χ0n) is 11.4. The van der Waals surface area contributed by atoms with E-state index in [4.69, 9.17) is 27.4 Å². The summed E-state index contributed by atoms with van der Waals surface area (Å²) in [5.41, 5.74) is 7.35. The summed E-state index contributed by atoms with van der Waals surface area (Å²) in [4.78, 5) is 0.337. The fraction of sp³-hybridized carbons (Fsp3) is 0.500. The highest BCUT2D eigenvalue weighted by Gasteiger charge is 2.15. The summed E-state index contributed by atoms with van der Waals surface area (Å²) in [6.45, 7) is 6.80. The number of methoxy groups -OCH3 is 1. The Morgan fingerprint density at radius 2 is 2.06 bits per heavy atom. The molecular formula is C14H21NO2S. The second kappa shape index (κ2) is 6.16. The molecule has 0 bridgehead atoms. The van der Waals surface area contributed by atoms with Gasteiger partial charge in [0.15, 0.2) is 0 Å². The van der Waals surface area contributed by atoms with Gasteiger partial charge in [-0.15, -0.1) is 0 Å². The Kier molecular flexibility index (Phi) is 5.11. The van der Waals surface area contributed by atoms with Crippen molar-refractivity contribution >= 4 is 17.2 Å². The molecule has 3 nitrogen and oxygen atoms in total. The standard InChI is InChI=1S/C14H21NO2S/c1-5-14(2,3)17-9-10-6-7-12(16-4)11(8-10)13(15)18/h6-8H,5,9H2,1-4H3,(H2,15,18). The van der Waals surface area contributed by atoms with Gasteiger partial charge in [-0.2, -0.15) is 0 Å². The molecule has 0 aliphatic heterocycles. The number of benzene rings is 1. The van der Waals surface area contributed by atoms with Gasteiger partial charge in [0.05, 0.1) is 24.9 Å². The SMILES string of the molecule is CCC(C)(C)OCc1ccc(OC)c(C(N)=S)c1. The molecule has 100 valence electrons. The summed E-state index contributed by atoms with van der Waals surface area (Å²) in [6.07, 6.45) is 0.964. The van der Waals surface area contributed by atoms with Crippen molar-refractivity contribution in [2.24, 2.45) is 5.73 Å². The van der Waals surface area contributed by atoms with Gasteiger partial charge >= 0.3 is 0 Å². The van der Waals surface area contributed by atoms with E-state index in [2.05, 4.69) is 20.8 Å². The van der Waals surface area contributed by atoms with Crippen molar-refractivity contribution in [3.8, 4) is 5.75 Å². The van der Waals surface area contributed by atoms with E-state index in [1.807, 2.05) is 18.2 Å². The number of rotatable bonds is 6. The highest BCUT2D eigenvalue weighted by Crippen LogP contribution is 2.22. The normalized spacial score (nSPS) is 11.3. The monoisotopic (exact) mass is 267 g/mol. The van der Waals surface area contributed by atoms with Crippen LogP contribution in [0.2, 0.25) is 0 Å². The Labute approximate surface area is 114 Å². The Morgan fingerprint density at radius 1 is 1.39 bits per heavy atom. The molecule has 0 unspecified atom stereocenters. The zero-order chi connectivity index (χ0) is 13.8. The molecule has 0 fully saturated rings. The molecule has 0 amide bonds. The topological polar surface area (TPSA) is 44.5 Å². The lowest BCUT2D eigenvalue weighted by molar-refractivity contribution is -0.0316. The highest BCUT2D eigenvalue weighted by molar-refractivity contribution is 7.80. The van der Waals surface area contributed by atoms with Crippen molar-refractivity contribution in [3.05, 3.63) is 29.3 Å². The van der Waals surface area contributed by atoms with Crippen LogP contribution >= 0.6 is 12.2 Å². The third-order valence-electron chi connectivity index (χ3n) is 3.01. The van der Waals surface area contributed by atoms with Crippen LogP contribution in [0.3, 0.4) is 0 Å². The molecule has 18 heavy (non-hydrogen) atoms. The molecule has 0 aliphatic carbocycles. The lowest BCUT2D eigenvalue weighted by Crippen LogP contribution is -2.22. The van der Waals surface area contributed by atoms with Gasteiger partial charge in [-0.3, -0.25) is 0 Å². The van der Waals surface area contributed by atoms with E-state index < -0.39 is 0 Å². The van der Waals surface area contributed by atoms with Gasteiger partial charge in [0.25, 0.3) is 0 Å². The van der Waals surface area contributed by atoms with E-state index in [1.165, 1.54) is 0 Å². The largest absolute Gasteiger partial charge is 0.496 e. The summed E-state index contributed by atoms with van der Waals surface area (Å²) >= 11 is 5.01. The quantitative estimate of drug-likeness (QED) is 0.805. The molecule has 0 spiro atoms. The van der Waals surface area contributed by atoms with E-state index in [-0.39, 0.29) is 5.60 Å². The van der Waals surface area contributed by atoms with Gasteiger partial charge in [0.2, 0.25) is 0 Å². The number of nitrogens with two attached hydrogens (primary N) is 1. The Morgan fingerprint density at radius 3 is 2.56 bits per heavy atom. The molecule has 2 N–H and O–H groups in total. The van der Waals surface area contributed by atoms with Crippen LogP contribution in [0, 0.1) is 0 Å². The minimum atomic E-state index is -0.122. The first-order valence-corrected chi connectivity index (χ1v) is 6.41. The van der Waals surface area contributed by atoms with Crippen molar-refractivity contribution < 1.29 is 9.47 Å². The molecule has 0 saturated carbocycles. The average molecular weight is 267 g/mol. The van der Waals surface area contributed by atoms with Gasteiger partial charge in [0, 0.05) is 0 Å². The first-order chi connectivity index (χ1) is 8.39. The summed E-state index contributed by atoms with van der Waals surface area (Å²) in [5, 5.41) is 0. The molecule has 1 rings (SSSR count). The second-order valence-electron chi connectivity index (χ2n) is 4.80. The number of thiocarbonyl (C=S) groups is 1. The molecule has 0 heterocycles. The maximum Gasteiger partial charge on any atom is 0.129 e. The van der Waals surface area contributed by atoms with Crippen LogP contribution in [0.25, 0.3) is 0 Å². The summed E-state index contributed by atoms with van der Waals surface area (Å²) in [5.74, 6) is 0.695. The predicted molar refractivity (Wildman–Crippen MR) is 78.0 cm³/mol. The summed E-state index contributed by atoms with van der Waals surface area (Å²) in [7, 11) is 1.60. The van der Waals surface area contributed by atoms with Crippen molar-refractivity contribution in [2.75, 3.05) is 7.11 Å². The number of ether oxygens (including phenoxy) is 2. The van der Waals surface area contributed by atoms with Crippen LogP contribution in [0.5, 0.6) is 5.75 Å². The zero-order valence-corrected chi connectivity index (χ0v) is 12.3. The molecule has 0 atom stereocenters. The summed E-state index contributed by atoms with van der Waals surface area (Å²) in [6, 6.07) is 5.76. The molecule has 0 aromatic heterocycles. The predicted octanol–water partition coefficient (Wildman–Crippen LogP) is 3.03. The Balaban J connectivity index is 2.86. The first-order valence-electron chi connectivity index (χ1n) is 6.00. The van der Waals surface area contributed by atoms with Crippen molar-refractivity contribution in [1.29, 1.82) is 0 Å². The van der Waals surface area contributed by atoms with Crippen LogP contribution in [-0.2, 0) is 11.3 Å². The lowest BCUT2D eigenvalue weighted by atomic mass is 10.1. The lowest BCUT2D eigenvalue weighted by Gasteiger charge is -2.23. The van der Waals surface area contributed by atoms with E-state index in [0.717, 1.165) is 17.5 Å². The number of hydrogen-bond donors (Lipinski definition) is 1. The fourth-order valence-electron chi connectivity index (χ4n) is 1.42. The molecule has 0 radical (unpaired) electrons. The van der Waals surface area contributed by atoms with Crippen molar-refractivity contribution in [1.82, 2.24) is 0 Å². The first kappa shape index (κ1) is 14.9. The van der Waals surface area contributed by atoms with Gasteiger partial charge in [-0.1, -0.05) is 25.2 Å². The van der Waals surface area contributed by atoms with Crippen LogP contribution in [0.1, 0.15) is 38.3 Å². The van der Waals surface area contributed by atoms with Crippen LogP contribution in [0.15, 0.2) is 18.2 Å². The molecule has 1 aromatic carbocycles. The Hall–Kier alpha value is -1.13. The van der Waals surface area contributed by atoms with E-state index in [9.17, 15) is 0 Å². The third kappa shape index (κ3) is 3.96. The minimum Gasteiger partial charge on any atom is -0.496 e. The Bertz CT molecular complexity index is 430. The fourth-order valence-corrected chi connectivity index (χ4v) is 1.58. The van der Waals surface area contributed by atoms with Gasteiger partial charge in [-0.25, -0.2) is 0 Å². The van der Waals surface area contributed by atoms with Crippen molar-refractivity contribution in [3.63, 3.8) is 0 Å². The number of hydrogen-bond acceptors (Lipinski definition) is 3. The molecule has 0 aliphatic rings. The maximum atomic E-state index is 5.85. The van der Waals surface area contributed by atoms with Crippen LogP contribution in [-0.4, -0.2) is 17.7 Å². The van der Waals surface area contributed by atoms with Crippen molar-refractivity contribution in [2.45, 2.75) is 39.4 Å². The van der Waals surface area contributed by atoms with Gasteiger partial charge in [-0.05, 0) is 38.0 Å². The smallest absolute Gasteiger partial charge is 0.129 e. The van der Waals surface area contributed by atoms with Gasteiger partial charge < -0.3 is 15.2 Å². The van der Waals surface area contributed by atoms with Crippen LogP contribution in [0.4, 0.5) is 0 Å². The van der Waals surface area contributed by atoms with Crippen LogP contribution < -0.4 is 10.5 Å². The third-order valence-corrected chi connectivity index (χ3v) is 3.23. The van der Waals surface area contributed by atoms with E-state index in [1.54, 1.807) is 7.11 Å². The molecule has 4 heteroatoms. The molecular weight excluding hydrogens is 246 g/mol. The molecule has 1 aromatic rings. The highest BCUT2D eigenvalue weighted by atomic mass is 32.1. The van der Waals surface area contributed by atoms with E-state index >= 15 is 0 Å². The maximum absolute atomic E-state index is 5.85. The van der Waals surface area contributed by atoms with E-state index in [0.29, 0.717) is 17.3 Å². The average Bonchev–Trinajstić information content (AvgIpc) is 2.36. The minimum absolute atomic E-state index is 0.122.